The van der Waals surface area contributed by atoms with E-state index < -0.39 is 0 Å². The Morgan fingerprint density at radius 1 is 1.12 bits per heavy atom. The zero-order valence-electron chi connectivity index (χ0n) is 8.81. The van der Waals surface area contributed by atoms with E-state index in [1.54, 1.807) is 7.11 Å². The lowest BCUT2D eigenvalue weighted by Crippen LogP contribution is -2.06. The molecule has 0 atom stereocenters. The van der Waals surface area contributed by atoms with Crippen molar-refractivity contribution in [3.05, 3.63) is 29.4 Å². The van der Waals surface area contributed by atoms with Crippen molar-refractivity contribution >= 4 is 22.6 Å². The van der Waals surface area contributed by atoms with Crippen LogP contribution in [0.15, 0.2) is 24.3 Å². The Labute approximate surface area is 98.2 Å². The van der Waals surface area contributed by atoms with E-state index in [2.05, 4.69) is 9.97 Å². The first-order valence-corrected chi connectivity index (χ1v) is 5.23. The molecule has 1 aromatic carbocycles. The first-order chi connectivity index (χ1) is 7.81. The van der Waals surface area contributed by atoms with E-state index in [4.69, 9.17) is 21.1 Å². The summed E-state index contributed by atoms with van der Waals surface area (Å²) < 4.78 is 10.2. The monoisotopic (exact) mass is 238 g/mol. The summed E-state index contributed by atoms with van der Waals surface area (Å²) in [6.07, 6.45) is 0. The van der Waals surface area contributed by atoms with Gasteiger partial charge in [-0.3, -0.25) is 0 Å². The van der Waals surface area contributed by atoms with Crippen LogP contribution in [0.1, 0.15) is 0 Å². The highest BCUT2D eigenvalue weighted by Gasteiger charge is 2.07. The lowest BCUT2D eigenvalue weighted by Gasteiger charge is -2.06. The zero-order chi connectivity index (χ0) is 11.4. The molecule has 2 rings (SSSR count). The number of rotatable bonds is 4. The van der Waals surface area contributed by atoms with Crippen LogP contribution < -0.4 is 4.74 Å². The number of methoxy groups -OCH3 is 1. The van der Waals surface area contributed by atoms with Crippen molar-refractivity contribution in [3.8, 4) is 5.88 Å². The van der Waals surface area contributed by atoms with Crippen molar-refractivity contribution < 1.29 is 9.47 Å². The summed E-state index contributed by atoms with van der Waals surface area (Å²) in [5.41, 5.74) is 1.52. The van der Waals surface area contributed by atoms with Gasteiger partial charge < -0.3 is 9.47 Å². The fraction of sp³-hybridized carbons (Fsp3) is 0.273. The number of nitrogens with zero attached hydrogens (tertiary/aromatic N) is 2. The Morgan fingerprint density at radius 2 is 1.81 bits per heavy atom. The predicted molar refractivity (Wildman–Crippen MR) is 61.9 cm³/mol. The van der Waals surface area contributed by atoms with Gasteiger partial charge in [-0.2, -0.15) is 0 Å². The Morgan fingerprint density at radius 3 is 2.50 bits per heavy atom. The smallest absolute Gasteiger partial charge is 0.252 e. The van der Waals surface area contributed by atoms with E-state index in [0.29, 0.717) is 19.1 Å². The summed E-state index contributed by atoms with van der Waals surface area (Å²) in [5, 5.41) is 0.273. The van der Waals surface area contributed by atoms with Gasteiger partial charge in [0.05, 0.1) is 17.6 Å². The molecule has 0 bridgehead atoms. The molecule has 1 aromatic heterocycles. The molecular weight excluding hydrogens is 228 g/mol. The molecule has 0 unspecified atom stereocenters. The molecule has 4 nitrogen and oxygen atoms in total. The molecule has 0 spiro atoms. The van der Waals surface area contributed by atoms with E-state index >= 15 is 0 Å². The fourth-order valence-electron chi connectivity index (χ4n) is 1.28. The first-order valence-electron chi connectivity index (χ1n) is 4.85. The van der Waals surface area contributed by atoms with Crippen LogP contribution in [0.2, 0.25) is 5.15 Å². The molecule has 0 saturated heterocycles. The van der Waals surface area contributed by atoms with E-state index in [0.717, 1.165) is 11.0 Å². The number of hydrogen-bond donors (Lipinski definition) is 0. The van der Waals surface area contributed by atoms with E-state index in [1.165, 1.54) is 0 Å². The number of benzene rings is 1. The van der Waals surface area contributed by atoms with Gasteiger partial charge in [0, 0.05) is 7.11 Å². The molecule has 0 saturated carbocycles. The second kappa shape index (κ2) is 5.09. The third-order valence-electron chi connectivity index (χ3n) is 2.03. The number of para-hydroxylation sites is 2. The van der Waals surface area contributed by atoms with Gasteiger partial charge in [0.1, 0.15) is 6.61 Å². The van der Waals surface area contributed by atoms with Gasteiger partial charge in [-0.15, -0.1) is 0 Å². The Balaban J connectivity index is 2.27. The minimum absolute atomic E-state index is 0.273. The van der Waals surface area contributed by atoms with Gasteiger partial charge in [0.25, 0.3) is 5.88 Å². The van der Waals surface area contributed by atoms with Crippen LogP contribution in [0.4, 0.5) is 0 Å². The third kappa shape index (κ3) is 2.40. The lowest BCUT2D eigenvalue weighted by atomic mass is 10.3. The minimum atomic E-state index is 0.273. The molecule has 5 heteroatoms. The van der Waals surface area contributed by atoms with Gasteiger partial charge in [-0.05, 0) is 12.1 Å². The predicted octanol–water partition coefficient (Wildman–Crippen LogP) is 2.31. The molecule has 84 valence electrons. The molecule has 0 N–H and O–H groups in total. The van der Waals surface area contributed by atoms with Crippen LogP contribution in [0.3, 0.4) is 0 Å². The third-order valence-corrected chi connectivity index (χ3v) is 2.27. The van der Waals surface area contributed by atoms with Gasteiger partial charge in [0.2, 0.25) is 0 Å². The molecule has 0 amide bonds. The van der Waals surface area contributed by atoms with Gasteiger partial charge in [-0.1, -0.05) is 23.7 Å². The highest BCUT2D eigenvalue weighted by Crippen LogP contribution is 2.22. The fourth-order valence-corrected chi connectivity index (χ4v) is 1.46. The maximum Gasteiger partial charge on any atom is 0.252 e. The maximum absolute atomic E-state index is 5.94. The van der Waals surface area contributed by atoms with Crippen molar-refractivity contribution in [2.24, 2.45) is 0 Å². The summed E-state index contributed by atoms with van der Waals surface area (Å²) in [6, 6.07) is 7.50. The van der Waals surface area contributed by atoms with Crippen molar-refractivity contribution in [1.82, 2.24) is 9.97 Å². The standard InChI is InChI=1S/C11H11ClN2O2/c1-15-6-7-16-11-10(12)13-8-4-2-3-5-9(8)14-11/h2-5H,6-7H2,1H3. The molecule has 0 aliphatic heterocycles. The average Bonchev–Trinajstić information content (AvgIpc) is 2.30. The summed E-state index contributed by atoms with van der Waals surface area (Å²) >= 11 is 5.94. The van der Waals surface area contributed by atoms with Crippen molar-refractivity contribution in [3.63, 3.8) is 0 Å². The highest BCUT2D eigenvalue weighted by molar-refractivity contribution is 6.30. The molecule has 0 aliphatic carbocycles. The summed E-state index contributed by atoms with van der Waals surface area (Å²) in [7, 11) is 1.61. The number of halogens is 1. The van der Waals surface area contributed by atoms with E-state index in [9.17, 15) is 0 Å². The second-order valence-corrected chi connectivity index (χ2v) is 3.51. The lowest BCUT2D eigenvalue weighted by molar-refractivity contribution is 0.144. The van der Waals surface area contributed by atoms with Gasteiger partial charge in [0.15, 0.2) is 5.15 Å². The quantitative estimate of drug-likeness (QED) is 0.767. The SMILES string of the molecule is COCCOc1nc2ccccc2nc1Cl. The van der Waals surface area contributed by atoms with E-state index in [1.807, 2.05) is 24.3 Å². The summed E-state index contributed by atoms with van der Waals surface area (Å²) in [5.74, 6) is 0.345. The average molecular weight is 239 g/mol. The number of aromatic nitrogens is 2. The molecule has 0 aliphatic rings. The van der Waals surface area contributed by atoms with Gasteiger partial charge >= 0.3 is 0 Å². The highest BCUT2D eigenvalue weighted by atomic mass is 35.5. The normalized spacial score (nSPS) is 10.6. The van der Waals surface area contributed by atoms with Crippen LogP contribution in [-0.2, 0) is 4.74 Å². The number of hydrogen-bond acceptors (Lipinski definition) is 4. The summed E-state index contributed by atoms with van der Waals surface area (Å²) in [6.45, 7) is 0.897. The maximum atomic E-state index is 5.94. The number of fused-ring (bicyclic) bond motifs is 1. The molecule has 0 radical (unpaired) electrons. The first kappa shape index (κ1) is 11.1. The van der Waals surface area contributed by atoms with Crippen molar-refractivity contribution in [2.75, 3.05) is 20.3 Å². The minimum Gasteiger partial charge on any atom is -0.473 e. The Kier molecular flexibility index (Phi) is 3.54. The van der Waals surface area contributed by atoms with E-state index in [-0.39, 0.29) is 5.15 Å². The second-order valence-electron chi connectivity index (χ2n) is 3.15. The molecular formula is C11H11ClN2O2. The number of ether oxygens (including phenoxy) is 2. The van der Waals surface area contributed by atoms with Crippen LogP contribution in [0, 0.1) is 0 Å². The Hall–Kier alpha value is -1.39. The van der Waals surface area contributed by atoms with Crippen molar-refractivity contribution in [2.45, 2.75) is 0 Å². The van der Waals surface area contributed by atoms with Crippen LogP contribution in [0.25, 0.3) is 11.0 Å². The van der Waals surface area contributed by atoms with Crippen LogP contribution in [0.5, 0.6) is 5.88 Å². The van der Waals surface area contributed by atoms with Crippen LogP contribution in [-0.4, -0.2) is 30.3 Å². The van der Waals surface area contributed by atoms with Crippen molar-refractivity contribution in [1.29, 1.82) is 0 Å². The molecule has 0 fully saturated rings. The van der Waals surface area contributed by atoms with Crippen LogP contribution >= 0.6 is 11.6 Å². The zero-order valence-corrected chi connectivity index (χ0v) is 9.57. The largest absolute Gasteiger partial charge is 0.473 e. The summed E-state index contributed by atoms with van der Waals surface area (Å²) in [4.78, 5) is 8.47. The topological polar surface area (TPSA) is 44.2 Å². The molecule has 2 aromatic rings. The Bertz CT molecular complexity index is 490. The van der Waals surface area contributed by atoms with Gasteiger partial charge in [-0.25, -0.2) is 9.97 Å². The molecule has 1 heterocycles. The molecule has 16 heavy (non-hydrogen) atoms.